The summed E-state index contributed by atoms with van der Waals surface area (Å²) in [5, 5.41) is 1.40. The Morgan fingerprint density at radius 1 is 1.12 bits per heavy atom. The van der Waals surface area contributed by atoms with E-state index in [4.69, 9.17) is 23.2 Å². The average Bonchev–Trinajstić information content (AvgIpc) is 2.50. The molecule has 2 rings (SSSR count). The third-order valence-corrected chi connectivity index (χ3v) is 4.37. The molecule has 2 atom stereocenters. The zero-order valence-electron chi connectivity index (χ0n) is 10.2. The van der Waals surface area contributed by atoms with Crippen molar-refractivity contribution in [3.8, 4) is 0 Å². The van der Waals surface area contributed by atoms with E-state index in [1.165, 1.54) is 38.2 Å². The van der Waals surface area contributed by atoms with Crippen LogP contribution in [0.25, 0.3) is 0 Å². The number of rotatable bonds is 2. The predicted octanol–water partition coefficient (Wildman–Crippen LogP) is 0.297. The second kappa shape index (κ2) is 6.05. The minimum atomic E-state index is 0.668. The molecule has 0 spiro atoms. The van der Waals surface area contributed by atoms with Crippen molar-refractivity contribution in [2.75, 3.05) is 33.2 Å². The molecule has 0 amide bonds. The molecule has 4 heteroatoms. The van der Waals surface area contributed by atoms with E-state index in [1.54, 1.807) is 9.80 Å². The summed E-state index contributed by atoms with van der Waals surface area (Å²) in [6.07, 6.45) is 1.29. The Balaban J connectivity index is 2.02. The Labute approximate surface area is 113 Å². The van der Waals surface area contributed by atoms with Gasteiger partial charge in [0.1, 0.15) is 19.6 Å². The van der Waals surface area contributed by atoms with E-state index in [0.29, 0.717) is 5.02 Å². The summed E-state index contributed by atoms with van der Waals surface area (Å²) in [7, 11) is 2.27. The fourth-order valence-electron chi connectivity index (χ4n) is 2.41. The van der Waals surface area contributed by atoms with Crippen molar-refractivity contribution < 1.29 is 9.80 Å². The molecule has 0 radical (unpaired) electrons. The van der Waals surface area contributed by atoms with E-state index in [9.17, 15) is 0 Å². The van der Waals surface area contributed by atoms with Crippen molar-refractivity contribution in [3.63, 3.8) is 0 Å². The Morgan fingerprint density at radius 3 is 2.76 bits per heavy atom. The van der Waals surface area contributed by atoms with Crippen LogP contribution in [-0.2, 0) is 6.54 Å². The number of hydrogen-bond acceptors (Lipinski definition) is 0. The number of benzene rings is 1. The Morgan fingerprint density at radius 2 is 1.94 bits per heavy atom. The van der Waals surface area contributed by atoms with Crippen molar-refractivity contribution in [2.24, 2.45) is 0 Å². The van der Waals surface area contributed by atoms with Gasteiger partial charge in [-0.2, -0.15) is 0 Å². The first kappa shape index (κ1) is 13.2. The molecule has 94 valence electrons. The molecule has 1 fully saturated rings. The van der Waals surface area contributed by atoms with Crippen LogP contribution in [0, 0.1) is 0 Å². The summed E-state index contributed by atoms with van der Waals surface area (Å²) in [6, 6.07) is 5.92. The van der Waals surface area contributed by atoms with Crippen LogP contribution in [0.3, 0.4) is 0 Å². The zero-order valence-corrected chi connectivity index (χ0v) is 11.7. The summed E-state index contributed by atoms with van der Waals surface area (Å²) >= 11 is 12.3. The SMILES string of the molecule is C[NH+]1CCC[NH+](Cc2cccc(Cl)c2Cl)CC1. The third-order valence-electron chi connectivity index (χ3n) is 3.51. The fourth-order valence-corrected chi connectivity index (χ4v) is 2.80. The zero-order chi connectivity index (χ0) is 12.3. The molecule has 2 nitrogen and oxygen atoms in total. The van der Waals surface area contributed by atoms with E-state index in [0.717, 1.165) is 11.6 Å². The van der Waals surface area contributed by atoms with E-state index in [2.05, 4.69) is 13.1 Å². The van der Waals surface area contributed by atoms with Gasteiger partial charge in [0.25, 0.3) is 0 Å². The summed E-state index contributed by atoms with van der Waals surface area (Å²) in [4.78, 5) is 3.25. The lowest BCUT2D eigenvalue weighted by Crippen LogP contribution is -3.15. The van der Waals surface area contributed by atoms with Crippen LogP contribution in [0.2, 0.25) is 10.0 Å². The fraction of sp³-hybridized carbons (Fsp3) is 0.538. The molecule has 2 N–H and O–H groups in total. The first-order valence-corrected chi connectivity index (χ1v) is 7.00. The van der Waals surface area contributed by atoms with Gasteiger partial charge >= 0.3 is 0 Å². The lowest BCUT2D eigenvalue weighted by Gasteiger charge is -2.17. The van der Waals surface area contributed by atoms with Gasteiger partial charge in [-0.15, -0.1) is 0 Å². The summed E-state index contributed by atoms with van der Waals surface area (Å²) in [6.45, 7) is 5.97. The van der Waals surface area contributed by atoms with Crippen LogP contribution in [0.5, 0.6) is 0 Å². The molecule has 17 heavy (non-hydrogen) atoms. The number of halogens is 2. The third kappa shape index (κ3) is 3.59. The summed E-state index contributed by atoms with van der Waals surface area (Å²) in [5.41, 5.74) is 1.17. The van der Waals surface area contributed by atoms with Crippen molar-refractivity contribution in [1.29, 1.82) is 0 Å². The maximum atomic E-state index is 6.23. The van der Waals surface area contributed by atoms with Gasteiger partial charge in [0, 0.05) is 12.0 Å². The highest BCUT2D eigenvalue weighted by molar-refractivity contribution is 6.42. The Kier molecular flexibility index (Phi) is 4.69. The smallest absolute Gasteiger partial charge is 0.127 e. The lowest BCUT2D eigenvalue weighted by atomic mass is 10.2. The van der Waals surface area contributed by atoms with Gasteiger partial charge in [0.15, 0.2) is 0 Å². The maximum Gasteiger partial charge on any atom is 0.127 e. The molecule has 0 aromatic heterocycles. The van der Waals surface area contributed by atoms with Gasteiger partial charge in [-0.05, 0) is 6.07 Å². The normalized spacial score (nSPS) is 25.6. The highest BCUT2D eigenvalue weighted by Crippen LogP contribution is 2.24. The van der Waals surface area contributed by atoms with E-state index in [1.807, 2.05) is 12.1 Å². The number of quaternary nitrogens is 2. The molecule has 0 bridgehead atoms. The number of nitrogens with one attached hydrogen (secondary N) is 2. The Bertz CT molecular complexity index is 382. The van der Waals surface area contributed by atoms with Crippen molar-refractivity contribution >= 4 is 23.2 Å². The van der Waals surface area contributed by atoms with E-state index < -0.39 is 0 Å². The molecule has 1 aliphatic rings. The quantitative estimate of drug-likeness (QED) is 0.768. The van der Waals surface area contributed by atoms with Gasteiger partial charge in [-0.3, -0.25) is 0 Å². The molecule has 0 aliphatic carbocycles. The van der Waals surface area contributed by atoms with Crippen molar-refractivity contribution in [2.45, 2.75) is 13.0 Å². The highest BCUT2D eigenvalue weighted by Gasteiger charge is 2.18. The molecule has 1 heterocycles. The first-order chi connectivity index (χ1) is 8.16. The summed E-state index contributed by atoms with van der Waals surface area (Å²) < 4.78 is 0. The van der Waals surface area contributed by atoms with Crippen molar-refractivity contribution in [3.05, 3.63) is 33.8 Å². The van der Waals surface area contributed by atoms with Crippen LogP contribution in [0.4, 0.5) is 0 Å². The minimum absolute atomic E-state index is 0.668. The highest BCUT2D eigenvalue weighted by atomic mass is 35.5. The predicted molar refractivity (Wildman–Crippen MR) is 72.1 cm³/mol. The second-order valence-corrected chi connectivity index (χ2v) is 5.74. The van der Waals surface area contributed by atoms with Gasteiger partial charge in [0.2, 0.25) is 0 Å². The van der Waals surface area contributed by atoms with Crippen LogP contribution in [0.1, 0.15) is 12.0 Å². The molecule has 1 aromatic carbocycles. The molecular formula is C13H20Cl2N2+2. The molecule has 1 saturated heterocycles. The second-order valence-electron chi connectivity index (χ2n) is 4.95. The maximum absolute atomic E-state index is 6.23. The van der Waals surface area contributed by atoms with Gasteiger partial charge < -0.3 is 9.80 Å². The number of hydrogen-bond donors (Lipinski definition) is 2. The van der Waals surface area contributed by atoms with Crippen LogP contribution in [-0.4, -0.2) is 33.2 Å². The molecule has 2 unspecified atom stereocenters. The largest absolute Gasteiger partial charge is 0.333 e. The van der Waals surface area contributed by atoms with Crippen LogP contribution >= 0.6 is 23.2 Å². The van der Waals surface area contributed by atoms with Gasteiger partial charge in [-0.25, -0.2) is 0 Å². The van der Waals surface area contributed by atoms with E-state index >= 15 is 0 Å². The van der Waals surface area contributed by atoms with Crippen LogP contribution in [0.15, 0.2) is 18.2 Å². The Hall–Kier alpha value is -0.280. The molecule has 0 saturated carbocycles. The topological polar surface area (TPSA) is 8.88 Å². The van der Waals surface area contributed by atoms with Crippen molar-refractivity contribution in [1.82, 2.24) is 0 Å². The number of likely N-dealkylation sites (N-methyl/N-ethyl adjacent to an activating group) is 1. The average molecular weight is 275 g/mol. The van der Waals surface area contributed by atoms with E-state index in [-0.39, 0.29) is 0 Å². The minimum Gasteiger partial charge on any atom is -0.333 e. The van der Waals surface area contributed by atoms with Crippen LogP contribution < -0.4 is 9.80 Å². The van der Waals surface area contributed by atoms with Gasteiger partial charge in [-0.1, -0.05) is 35.3 Å². The monoisotopic (exact) mass is 274 g/mol. The standard InChI is InChI=1S/C13H18Cl2N2/c1-16-6-3-7-17(9-8-16)10-11-4-2-5-12(14)13(11)15/h2,4-5H,3,6-10H2,1H3/p+2. The molecule has 1 aromatic rings. The molecule has 1 aliphatic heterocycles. The first-order valence-electron chi connectivity index (χ1n) is 6.24. The lowest BCUT2D eigenvalue weighted by molar-refractivity contribution is -0.938. The molecular weight excluding hydrogens is 255 g/mol. The van der Waals surface area contributed by atoms with Gasteiger partial charge in [0.05, 0.1) is 30.2 Å². The summed E-state index contributed by atoms with van der Waals surface area (Å²) in [5.74, 6) is 0.